The maximum atomic E-state index is 6.05. The van der Waals surface area contributed by atoms with Crippen LogP contribution in [0.3, 0.4) is 0 Å². The zero-order valence-electron chi connectivity index (χ0n) is 9.47. The molecular formula is C13H17BrClN. The molecule has 16 heavy (non-hydrogen) atoms. The van der Waals surface area contributed by atoms with Gasteiger partial charge < -0.3 is 5.32 Å². The molecule has 0 saturated heterocycles. The Kier molecular flexibility index (Phi) is 6.10. The fourth-order valence-corrected chi connectivity index (χ4v) is 2.58. The molecule has 0 aromatic heterocycles. The van der Waals surface area contributed by atoms with Gasteiger partial charge in [-0.2, -0.15) is 0 Å². The Balaban J connectivity index is 2.85. The Morgan fingerprint density at radius 3 is 2.81 bits per heavy atom. The van der Waals surface area contributed by atoms with E-state index in [9.17, 15) is 0 Å². The summed E-state index contributed by atoms with van der Waals surface area (Å²) in [4.78, 5) is 0. The molecule has 0 bridgehead atoms. The average molecular weight is 303 g/mol. The van der Waals surface area contributed by atoms with Gasteiger partial charge in [-0.3, -0.25) is 0 Å². The van der Waals surface area contributed by atoms with E-state index in [1.54, 1.807) is 0 Å². The van der Waals surface area contributed by atoms with Crippen LogP contribution >= 0.6 is 27.5 Å². The van der Waals surface area contributed by atoms with Crippen molar-refractivity contribution in [2.45, 2.75) is 25.8 Å². The number of hydrogen-bond donors (Lipinski definition) is 1. The van der Waals surface area contributed by atoms with Crippen LogP contribution in [0.25, 0.3) is 0 Å². The molecule has 0 aliphatic carbocycles. The van der Waals surface area contributed by atoms with E-state index in [-0.39, 0.29) is 0 Å². The van der Waals surface area contributed by atoms with Crippen molar-refractivity contribution in [3.8, 4) is 0 Å². The van der Waals surface area contributed by atoms with Gasteiger partial charge in [0.25, 0.3) is 0 Å². The number of benzene rings is 1. The third kappa shape index (κ3) is 4.28. The topological polar surface area (TPSA) is 12.0 Å². The summed E-state index contributed by atoms with van der Waals surface area (Å²) in [5.41, 5.74) is 1.23. The summed E-state index contributed by atoms with van der Waals surface area (Å²) < 4.78 is 1.02. The first-order valence-electron chi connectivity index (χ1n) is 5.47. The average Bonchev–Trinajstić information content (AvgIpc) is 2.22. The molecule has 1 N–H and O–H groups in total. The standard InChI is InChI=1S/C13H17BrClN/c1-3-5-6-13(16-4-2)10-7-11(14)9-12(15)8-10/h3,7-9,13,16H,1,4-6H2,2H3. The van der Waals surface area contributed by atoms with Crippen LogP contribution in [0.15, 0.2) is 35.3 Å². The highest BCUT2D eigenvalue weighted by molar-refractivity contribution is 9.10. The van der Waals surface area contributed by atoms with Crippen LogP contribution in [-0.4, -0.2) is 6.54 Å². The predicted molar refractivity (Wildman–Crippen MR) is 75.0 cm³/mol. The summed E-state index contributed by atoms with van der Waals surface area (Å²) in [7, 11) is 0. The van der Waals surface area contributed by atoms with Crippen LogP contribution in [-0.2, 0) is 0 Å². The monoisotopic (exact) mass is 301 g/mol. The van der Waals surface area contributed by atoms with Gasteiger partial charge in [-0.15, -0.1) is 6.58 Å². The smallest absolute Gasteiger partial charge is 0.0420 e. The van der Waals surface area contributed by atoms with E-state index in [0.717, 1.165) is 28.9 Å². The molecule has 1 nitrogen and oxygen atoms in total. The quantitative estimate of drug-likeness (QED) is 0.750. The Bertz CT molecular complexity index is 332. The Morgan fingerprint density at radius 1 is 1.50 bits per heavy atom. The van der Waals surface area contributed by atoms with E-state index in [1.807, 2.05) is 18.2 Å². The lowest BCUT2D eigenvalue weighted by molar-refractivity contribution is 0.519. The lowest BCUT2D eigenvalue weighted by Gasteiger charge is -2.18. The highest BCUT2D eigenvalue weighted by Crippen LogP contribution is 2.26. The first kappa shape index (κ1) is 13.8. The summed E-state index contributed by atoms with van der Waals surface area (Å²) >= 11 is 9.52. The van der Waals surface area contributed by atoms with Crippen LogP contribution in [0, 0.1) is 0 Å². The van der Waals surface area contributed by atoms with Gasteiger partial charge in [0.05, 0.1) is 0 Å². The Hall–Kier alpha value is -0.310. The second-order valence-electron chi connectivity index (χ2n) is 3.68. The van der Waals surface area contributed by atoms with Crippen molar-refractivity contribution in [1.82, 2.24) is 5.32 Å². The van der Waals surface area contributed by atoms with Gasteiger partial charge in [-0.05, 0) is 43.1 Å². The number of allylic oxidation sites excluding steroid dienone is 1. The van der Waals surface area contributed by atoms with E-state index >= 15 is 0 Å². The van der Waals surface area contributed by atoms with Crippen molar-refractivity contribution in [3.05, 3.63) is 45.9 Å². The summed E-state index contributed by atoms with van der Waals surface area (Å²) in [6, 6.07) is 6.38. The molecule has 1 aromatic rings. The molecule has 1 unspecified atom stereocenters. The van der Waals surface area contributed by atoms with Gasteiger partial charge in [0.1, 0.15) is 0 Å². The minimum Gasteiger partial charge on any atom is -0.310 e. The second-order valence-corrected chi connectivity index (χ2v) is 5.03. The lowest BCUT2D eigenvalue weighted by Crippen LogP contribution is -2.20. The summed E-state index contributed by atoms with van der Waals surface area (Å²) in [6.07, 6.45) is 4.00. The van der Waals surface area contributed by atoms with Crippen molar-refractivity contribution in [2.75, 3.05) is 6.54 Å². The van der Waals surface area contributed by atoms with Crippen LogP contribution < -0.4 is 5.32 Å². The Morgan fingerprint density at radius 2 is 2.25 bits per heavy atom. The minimum absolute atomic E-state index is 0.345. The largest absolute Gasteiger partial charge is 0.310 e. The van der Waals surface area contributed by atoms with Gasteiger partial charge in [-0.25, -0.2) is 0 Å². The maximum absolute atomic E-state index is 6.05. The molecular weight excluding hydrogens is 286 g/mol. The summed E-state index contributed by atoms with van der Waals surface area (Å²) in [5, 5.41) is 4.23. The number of hydrogen-bond acceptors (Lipinski definition) is 1. The van der Waals surface area contributed by atoms with Crippen molar-refractivity contribution < 1.29 is 0 Å². The van der Waals surface area contributed by atoms with E-state index < -0.39 is 0 Å². The zero-order chi connectivity index (χ0) is 12.0. The molecule has 0 radical (unpaired) electrons. The molecule has 0 fully saturated rings. The molecule has 0 spiro atoms. The first-order valence-corrected chi connectivity index (χ1v) is 6.64. The van der Waals surface area contributed by atoms with Crippen molar-refractivity contribution in [3.63, 3.8) is 0 Å². The molecule has 0 aliphatic heterocycles. The fraction of sp³-hybridized carbons (Fsp3) is 0.385. The number of rotatable bonds is 6. The van der Waals surface area contributed by atoms with Gasteiger partial charge in [-0.1, -0.05) is 40.5 Å². The Labute approximate surface area is 111 Å². The van der Waals surface area contributed by atoms with Gasteiger partial charge in [0, 0.05) is 15.5 Å². The summed E-state index contributed by atoms with van der Waals surface area (Å²) in [5.74, 6) is 0. The van der Waals surface area contributed by atoms with Crippen LogP contribution in [0.4, 0.5) is 0 Å². The van der Waals surface area contributed by atoms with E-state index in [4.69, 9.17) is 11.6 Å². The normalized spacial score (nSPS) is 12.4. The van der Waals surface area contributed by atoms with Crippen LogP contribution in [0.2, 0.25) is 5.02 Å². The molecule has 0 amide bonds. The fourth-order valence-electron chi connectivity index (χ4n) is 1.69. The number of halogens is 2. The highest BCUT2D eigenvalue weighted by Gasteiger charge is 2.10. The van der Waals surface area contributed by atoms with E-state index in [1.165, 1.54) is 5.56 Å². The first-order chi connectivity index (χ1) is 7.67. The highest BCUT2D eigenvalue weighted by atomic mass is 79.9. The SMILES string of the molecule is C=CCCC(NCC)c1cc(Cl)cc(Br)c1. The third-order valence-electron chi connectivity index (χ3n) is 2.40. The lowest BCUT2D eigenvalue weighted by atomic mass is 10.0. The number of nitrogens with one attached hydrogen (secondary N) is 1. The zero-order valence-corrected chi connectivity index (χ0v) is 11.8. The molecule has 88 valence electrons. The van der Waals surface area contributed by atoms with Crippen LogP contribution in [0.1, 0.15) is 31.4 Å². The van der Waals surface area contributed by atoms with Crippen molar-refractivity contribution in [2.24, 2.45) is 0 Å². The molecule has 0 heterocycles. The summed E-state index contributed by atoms with van der Waals surface area (Å²) in [6.45, 7) is 6.82. The molecule has 3 heteroatoms. The minimum atomic E-state index is 0.345. The molecule has 0 saturated carbocycles. The van der Waals surface area contributed by atoms with Crippen LogP contribution in [0.5, 0.6) is 0 Å². The van der Waals surface area contributed by atoms with Gasteiger partial charge in [0.15, 0.2) is 0 Å². The van der Waals surface area contributed by atoms with E-state index in [0.29, 0.717) is 6.04 Å². The molecule has 1 rings (SSSR count). The second kappa shape index (κ2) is 7.10. The van der Waals surface area contributed by atoms with E-state index in [2.05, 4.69) is 40.8 Å². The third-order valence-corrected chi connectivity index (χ3v) is 3.07. The molecule has 0 aliphatic rings. The van der Waals surface area contributed by atoms with Gasteiger partial charge in [0.2, 0.25) is 0 Å². The molecule has 1 atom stereocenters. The maximum Gasteiger partial charge on any atom is 0.0420 e. The van der Waals surface area contributed by atoms with Gasteiger partial charge >= 0.3 is 0 Å². The van der Waals surface area contributed by atoms with Crippen molar-refractivity contribution in [1.29, 1.82) is 0 Å². The van der Waals surface area contributed by atoms with Crippen molar-refractivity contribution >= 4 is 27.5 Å². The predicted octanol–water partition coefficient (Wildman–Crippen LogP) is 4.72. The molecule has 1 aromatic carbocycles.